The van der Waals surface area contributed by atoms with E-state index >= 15 is 0 Å². The van der Waals surface area contributed by atoms with Crippen molar-refractivity contribution in [3.63, 3.8) is 0 Å². The van der Waals surface area contributed by atoms with E-state index in [1.54, 1.807) is 36.4 Å². The lowest BCUT2D eigenvalue weighted by atomic mass is 10.3. The lowest BCUT2D eigenvalue weighted by Crippen LogP contribution is -2.51. The number of halogens is 1. The quantitative estimate of drug-likeness (QED) is 0.261. The number of benzene rings is 1. The molecule has 3 aromatic rings. The number of nitrogens with zero attached hydrogens (tertiary/aromatic N) is 3. The molecule has 146 valence electrons. The summed E-state index contributed by atoms with van der Waals surface area (Å²) in [5.74, 6) is -0.0209. The second-order valence-corrected chi connectivity index (χ2v) is 8.02. The summed E-state index contributed by atoms with van der Waals surface area (Å²) in [4.78, 5) is 18.7. The van der Waals surface area contributed by atoms with Crippen molar-refractivity contribution in [1.82, 2.24) is 14.5 Å². The lowest BCUT2D eigenvalue weighted by Gasteiger charge is -2.38. The van der Waals surface area contributed by atoms with Crippen molar-refractivity contribution in [3.05, 3.63) is 65.2 Å². The second kappa shape index (κ2) is 7.65. The van der Waals surface area contributed by atoms with E-state index in [-0.39, 0.29) is 13.1 Å². The Morgan fingerprint density at radius 3 is 3.14 bits per heavy atom. The van der Waals surface area contributed by atoms with Crippen molar-refractivity contribution in [1.29, 1.82) is 0 Å². The van der Waals surface area contributed by atoms with Crippen LogP contribution in [0, 0.1) is 5.21 Å². The molecule has 0 amide bonds. The molecule has 0 bridgehead atoms. The molecule has 0 aliphatic carbocycles. The molecule has 2 aromatic heterocycles. The Hall–Kier alpha value is -2.23. The van der Waals surface area contributed by atoms with Gasteiger partial charge in [-0.05, 0) is 30.3 Å². The van der Waals surface area contributed by atoms with Crippen LogP contribution in [0.3, 0.4) is 0 Å². The van der Waals surface area contributed by atoms with Crippen molar-refractivity contribution in [2.24, 2.45) is 0 Å². The van der Waals surface area contributed by atoms with Crippen LogP contribution in [0.25, 0.3) is 10.2 Å². The maximum Gasteiger partial charge on any atom is 0.318 e. The first-order chi connectivity index (χ1) is 13.5. The molecule has 2 unspecified atom stereocenters. The Morgan fingerprint density at radius 2 is 2.39 bits per heavy atom. The summed E-state index contributed by atoms with van der Waals surface area (Å²) in [6.45, 7) is 4.67. The summed E-state index contributed by atoms with van der Waals surface area (Å²) in [5, 5.41) is 14.7. The smallest absolute Gasteiger partial charge is 0.318 e. The summed E-state index contributed by atoms with van der Waals surface area (Å²) in [6, 6.07) is 8.68. The summed E-state index contributed by atoms with van der Waals surface area (Å²) in [6.07, 6.45) is 2.26. The average Bonchev–Trinajstić information content (AvgIpc) is 3.35. The monoisotopic (exact) mass is 419 g/mol. The molecule has 0 radical (unpaired) electrons. The van der Waals surface area contributed by atoms with E-state index in [0.717, 1.165) is 4.70 Å². The van der Waals surface area contributed by atoms with Crippen LogP contribution in [-0.4, -0.2) is 41.8 Å². The molecule has 3 heterocycles. The molecule has 1 aliphatic rings. The first-order valence-electron chi connectivity index (χ1n) is 8.68. The number of hydrogen-bond donors (Lipinski definition) is 0. The number of furan rings is 1. The van der Waals surface area contributed by atoms with Gasteiger partial charge in [0.25, 0.3) is 11.4 Å². The van der Waals surface area contributed by atoms with Crippen molar-refractivity contribution in [2.45, 2.75) is 12.6 Å². The highest BCUT2D eigenvalue weighted by Gasteiger charge is 2.46. The zero-order valence-corrected chi connectivity index (χ0v) is 16.5. The molecular weight excluding hydrogens is 402 g/mol. The summed E-state index contributed by atoms with van der Waals surface area (Å²) >= 11 is 7.32. The maximum absolute atomic E-state index is 13.8. The minimum absolute atomic E-state index is 0.0274. The van der Waals surface area contributed by atoms with Crippen molar-refractivity contribution in [3.8, 4) is 0 Å². The number of carbonyl (C=O) groups excluding carboxylic acids is 1. The number of ether oxygens (including phenoxy) is 1. The summed E-state index contributed by atoms with van der Waals surface area (Å²) in [5.41, 5.74) is 0.695. The first kappa shape index (κ1) is 19.1. The Bertz CT molecular complexity index is 1010. The number of rotatable bonds is 6. The van der Waals surface area contributed by atoms with Crippen LogP contribution in [0.4, 0.5) is 5.13 Å². The molecule has 9 heteroatoms. The van der Waals surface area contributed by atoms with Gasteiger partial charge in [0, 0.05) is 11.6 Å². The van der Waals surface area contributed by atoms with Crippen LogP contribution in [-0.2, 0) is 16.0 Å². The van der Waals surface area contributed by atoms with Gasteiger partial charge in [-0.1, -0.05) is 29.0 Å². The Balaban J connectivity index is 1.61. The van der Waals surface area contributed by atoms with Crippen LogP contribution < -0.4 is 4.65 Å². The largest absolute Gasteiger partial charge is 0.622 e. The molecular formula is C19H18ClN3O4S. The molecule has 1 aliphatic heterocycles. The predicted molar refractivity (Wildman–Crippen MR) is 109 cm³/mol. The number of thiazole rings is 1. The number of quaternary nitrogens is 1. The number of esters is 1. The second-order valence-electron chi connectivity index (χ2n) is 6.57. The normalized spacial score (nSPS) is 22.6. The SMILES string of the molecule is C=CCN1CC(OC(=O)Cc2ccco2)[N+]([O-])(c2nc3ccc(Cl)cc3s2)C1. The third-order valence-electron chi connectivity index (χ3n) is 4.51. The van der Waals surface area contributed by atoms with E-state index in [1.165, 1.54) is 17.6 Å². The van der Waals surface area contributed by atoms with Gasteiger partial charge in [0.2, 0.25) is 0 Å². The van der Waals surface area contributed by atoms with Crippen molar-refractivity contribution >= 4 is 44.3 Å². The molecule has 0 spiro atoms. The first-order valence-corrected chi connectivity index (χ1v) is 9.88. The molecule has 28 heavy (non-hydrogen) atoms. The lowest BCUT2D eigenvalue weighted by molar-refractivity contribution is -0.152. The molecule has 1 aromatic carbocycles. The zero-order valence-electron chi connectivity index (χ0n) is 14.9. The van der Waals surface area contributed by atoms with Crippen LogP contribution in [0.5, 0.6) is 0 Å². The van der Waals surface area contributed by atoms with Crippen LogP contribution in [0.2, 0.25) is 5.02 Å². The molecule has 0 saturated carbocycles. The van der Waals surface area contributed by atoms with Crippen LogP contribution in [0.15, 0.2) is 53.7 Å². The third-order valence-corrected chi connectivity index (χ3v) is 5.87. The highest BCUT2D eigenvalue weighted by Crippen LogP contribution is 2.38. The highest BCUT2D eigenvalue weighted by molar-refractivity contribution is 7.22. The van der Waals surface area contributed by atoms with E-state index in [9.17, 15) is 10.0 Å². The van der Waals surface area contributed by atoms with Gasteiger partial charge in [0.05, 0.1) is 23.0 Å². The number of hydroxylamine groups is 2. The molecule has 7 nitrogen and oxygen atoms in total. The molecule has 0 N–H and O–H groups in total. The van der Waals surface area contributed by atoms with Crippen molar-refractivity contribution in [2.75, 3.05) is 19.8 Å². The number of carbonyl (C=O) groups is 1. The molecule has 4 rings (SSSR count). The van der Waals surface area contributed by atoms with Gasteiger partial charge in [0.15, 0.2) is 0 Å². The van der Waals surface area contributed by atoms with Gasteiger partial charge in [-0.15, -0.1) is 6.58 Å². The standard InChI is InChI=1S/C19H18ClN3O4S/c1-2-7-22-11-17(27-18(24)10-14-4-3-8-26-14)23(25,12-22)19-21-15-6-5-13(20)9-16(15)28-19/h2-6,8-9,17H,1,7,10-12H2. The van der Waals surface area contributed by atoms with Gasteiger partial charge in [0.1, 0.15) is 18.8 Å². The number of hydrogen-bond acceptors (Lipinski definition) is 7. The Kier molecular flexibility index (Phi) is 5.22. The fraction of sp³-hybridized carbons (Fsp3) is 0.263. The summed E-state index contributed by atoms with van der Waals surface area (Å²) in [7, 11) is 0. The number of fused-ring (bicyclic) bond motifs is 1. The minimum atomic E-state index is -0.918. The highest BCUT2D eigenvalue weighted by atomic mass is 35.5. The van der Waals surface area contributed by atoms with Crippen LogP contribution >= 0.6 is 22.9 Å². The van der Waals surface area contributed by atoms with Crippen LogP contribution in [0.1, 0.15) is 5.76 Å². The zero-order chi connectivity index (χ0) is 19.7. The van der Waals surface area contributed by atoms with E-state index in [1.807, 2.05) is 4.90 Å². The molecule has 2 atom stereocenters. The minimum Gasteiger partial charge on any atom is -0.622 e. The van der Waals surface area contributed by atoms with E-state index in [2.05, 4.69) is 11.6 Å². The van der Waals surface area contributed by atoms with Gasteiger partial charge in [-0.3, -0.25) is 9.44 Å². The summed E-state index contributed by atoms with van der Waals surface area (Å²) < 4.78 is 10.7. The van der Waals surface area contributed by atoms with Gasteiger partial charge in [-0.2, -0.15) is 4.98 Å². The number of aromatic nitrogens is 1. The third kappa shape index (κ3) is 3.69. The predicted octanol–water partition coefficient (Wildman–Crippen LogP) is 3.92. The Labute approximate surface area is 170 Å². The molecule has 1 saturated heterocycles. The van der Waals surface area contributed by atoms with E-state index in [0.29, 0.717) is 34.5 Å². The van der Waals surface area contributed by atoms with Gasteiger partial charge >= 0.3 is 5.97 Å². The van der Waals surface area contributed by atoms with Gasteiger partial charge < -0.3 is 14.4 Å². The topological polar surface area (TPSA) is 78.6 Å². The van der Waals surface area contributed by atoms with E-state index < -0.39 is 16.8 Å². The Morgan fingerprint density at radius 1 is 1.54 bits per heavy atom. The van der Waals surface area contributed by atoms with Crippen molar-refractivity contribution < 1.29 is 13.9 Å². The fourth-order valence-corrected chi connectivity index (χ4v) is 4.53. The molecule has 1 fully saturated rings. The van der Waals surface area contributed by atoms with E-state index in [4.69, 9.17) is 20.8 Å². The fourth-order valence-electron chi connectivity index (χ4n) is 3.22. The maximum atomic E-state index is 13.8. The average molecular weight is 420 g/mol. The van der Waals surface area contributed by atoms with Gasteiger partial charge in [-0.25, -0.2) is 4.90 Å².